The molecule has 0 aromatic carbocycles. The lowest BCUT2D eigenvalue weighted by molar-refractivity contribution is 0.0826. The first-order chi connectivity index (χ1) is 8.35. The quantitative estimate of drug-likeness (QED) is 0.808. The van der Waals surface area contributed by atoms with E-state index in [1.807, 2.05) is 11.8 Å². The van der Waals surface area contributed by atoms with Crippen molar-refractivity contribution in [3.05, 3.63) is 11.6 Å². The van der Waals surface area contributed by atoms with Gasteiger partial charge in [-0.3, -0.25) is 0 Å². The van der Waals surface area contributed by atoms with E-state index in [9.17, 15) is 0 Å². The first-order valence-corrected chi connectivity index (χ1v) is 7.74. The van der Waals surface area contributed by atoms with Crippen molar-refractivity contribution in [2.45, 2.75) is 38.6 Å². The molecule has 4 nitrogen and oxygen atoms in total. The van der Waals surface area contributed by atoms with Gasteiger partial charge in [-0.05, 0) is 26.0 Å². The Balaban J connectivity index is 2.10. The molecule has 0 amide bonds. The Morgan fingerprint density at radius 1 is 1.41 bits per heavy atom. The fourth-order valence-corrected chi connectivity index (χ4v) is 2.58. The summed E-state index contributed by atoms with van der Waals surface area (Å²) in [5.41, 5.74) is 0. The molecule has 2 rings (SSSR count). The van der Waals surface area contributed by atoms with Gasteiger partial charge < -0.3 is 4.74 Å². The maximum Gasteiger partial charge on any atom is 0.151 e. The van der Waals surface area contributed by atoms with Crippen LogP contribution in [0.3, 0.4) is 0 Å². The molecule has 17 heavy (non-hydrogen) atoms. The highest BCUT2D eigenvalue weighted by Gasteiger charge is 2.22. The van der Waals surface area contributed by atoms with Crippen LogP contribution in [0.5, 0.6) is 0 Å². The smallest absolute Gasteiger partial charge is 0.151 e. The molecule has 2 heterocycles. The van der Waals surface area contributed by atoms with E-state index in [-0.39, 0.29) is 0 Å². The fraction of sp³-hybridized carbons (Fsp3) is 0.833. The van der Waals surface area contributed by atoms with Crippen molar-refractivity contribution in [1.29, 1.82) is 0 Å². The van der Waals surface area contributed by atoms with Crippen LogP contribution in [0, 0.1) is 0 Å². The number of ether oxygens (including phenoxy) is 1. The lowest BCUT2D eigenvalue weighted by Crippen LogP contribution is -2.18. The second-order valence-corrected chi connectivity index (χ2v) is 5.32. The molecular formula is C12H21N3OS. The summed E-state index contributed by atoms with van der Waals surface area (Å²) in [6, 6.07) is 0. The maximum absolute atomic E-state index is 5.41. The summed E-state index contributed by atoms with van der Waals surface area (Å²) in [6.07, 6.45) is 5.27. The van der Waals surface area contributed by atoms with Crippen molar-refractivity contribution in [2.24, 2.45) is 0 Å². The summed E-state index contributed by atoms with van der Waals surface area (Å²) in [4.78, 5) is 4.73. The third-order valence-corrected chi connectivity index (χ3v) is 3.77. The van der Waals surface area contributed by atoms with Crippen LogP contribution < -0.4 is 0 Å². The van der Waals surface area contributed by atoms with Gasteiger partial charge in [-0.2, -0.15) is 16.9 Å². The van der Waals surface area contributed by atoms with Crippen LogP contribution >= 0.6 is 11.8 Å². The van der Waals surface area contributed by atoms with E-state index in [2.05, 4.69) is 23.0 Å². The molecule has 96 valence electrons. The maximum atomic E-state index is 5.41. The summed E-state index contributed by atoms with van der Waals surface area (Å²) >= 11 is 1.85. The summed E-state index contributed by atoms with van der Waals surface area (Å²) in [6.45, 7) is 4.78. The lowest BCUT2D eigenvalue weighted by atomic mass is 9.99. The van der Waals surface area contributed by atoms with Gasteiger partial charge in [0, 0.05) is 37.9 Å². The van der Waals surface area contributed by atoms with Crippen LogP contribution in [0.2, 0.25) is 0 Å². The van der Waals surface area contributed by atoms with Gasteiger partial charge in [0.1, 0.15) is 5.82 Å². The molecule has 0 N–H and O–H groups in total. The van der Waals surface area contributed by atoms with Crippen molar-refractivity contribution in [3.63, 3.8) is 0 Å². The Kier molecular flexibility index (Phi) is 4.86. The largest absolute Gasteiger partial charge is 0.381 e. The van der Waals surface area contributed by atoms with Crippen LogP contribution in [-0.2, 0) is 17.7 Å². The minimum absolute atomic E-state index is 0.541. The third kappa shape index (κ3) is 3.22. The number of aryl methyl sites for hydroxylation is 2. The monoisotopic (exact) mass is 255 g/mol. The molecule has 5 heteroatoms. The zero-order chi connectivity index (χ0) is 12.1. The molecule has 0 atom stereocenters. The lowest BCUT2D eigenvalue weighted by Gasteiger charge is -2.21. The summed E-state index contributed by atoms with van der Waals surface area (Å²) in [5.74, 6) is 3.81. The van der Waals surface area contributed by atoms with Gasteiger partial charge in [-0.25, -0.2) is 9.67 Å². The van der Waals surface area contributed by atoms with Gasteiger partial charge in [0.25, 0.3) is 0 Å². The number of thioether (sulfide) groups is 1. The predicted octanol–water partition coefficient (Wildman–Crippen LogP) is 2.10. The second-order valence-electron chi connectivity index (χ2n) is 4.33. The molecule has 1 aromatic rings. The molecule has 0 radical (unpaired) electrons. The molecule has 1 saturated heterocycles. The summed E-state index contributed by atoms with van der Waals surface area (Å²) < 4.78 is 7.48. The van der Waals surface area contributed by atoms with Crippen LogP contribution in [0.4, 0.5) is 0 Å². The zero-order valence-corrected chi connectivity index (χ0v) is 11.5. The van der Waals surface area contributed by atoms with E-state index >= 15 is 0 Å². The van der Waals surface area contributed by atoms with Crippen molar-refractivity contribution >= 4 is 11.8 Å². The molecule has 1 aromatic heterocycles. The molecule has 0 bridgehead atoms. The highest BCUT2D eigenvalue weighted by atomic mass is 32.2. The molecule has 0 spiro atoms. The molecule has 0 saturated carbocycles. The first-order valence-electron chi connectivity index (χ1n) is 6.35. The molecular weight excluding hydrogens is 234 g/mol. The second kappa shape index (κ2) is 6.40. The third-order valence-electron chi connectivity index (χ3n) is 3.16. The number of hydrogen-bond acceptors (Lipinski definition) is 4. The number of hydrogen-bond donors (Lipinski definition) is 0. The SMILES string of the molecule is CCn1nc(CCSC)nc1C1CCOCC1. The number of aromatic nitrogens is 3. The molecule has 1 aliphatic heterocycles. The van der Waals surface area contributed by atoms with Gasteiger partial charge in [0.15, 0.2) is 5.82 Å². The van der Waals surface area contributed by atoms with E-state index in [1.54, 1.807) is 0 Å². The Hall–Kier alpha value is -0.550. The summed E-state index contributed by atoms with van der Waals surface area (Å²) in [7, 11) is 0. The predicted molar refractivity (Wildman–Crippen MR) is 70.6 cm³/mol. The van der Waals surface area contributed by atoms with Crippen LogP contribution in [0.1, 0.15) is 37.3 Å². The molecule has 1 fully saturated rings. The molecule has 1 aliphatic rings. The van der Waals surface area contributed by atoms with Gasteiger partial charge in [0.05, 0.1) is 0 Å². The molecule has 0 aliphatic carbocycles. The topological polar surface area (TPSA) is 39.9 Å². The van der Waals surface area contributed by atoms with E-state index in [0.29, 0.717) is 5.92 Å². The fourth-order valence-electron chi connectivity index (χ4n) is 2.19. The summed E-state index contributed by atoms with van der Waals surface area (Å²) in [5, 5.41) is 4.59. The van der Waals surface area contributed by atoms with E-state index in [1.165, 1.54) is 5.82 Å². The Morgan fingerprint density at radius 3 is 2.82 bits per heavy atom. The standard InChI is InChI=1S/C12H21N3OS/c1-3-15-12(10-4-7-16-8-5-10)13-11(14-15)6-9-17-2/h10H,3-9H2,1-2H3. The van der Waals surface area contributed by atoms with Crippen LogP contribution in [0.15, 0.2) is 0 Å². The van der Waals surface area contributed by atoms with E-state index in [0.717, 1.165) is 50.6 Å². The van der Waals surface area contributed by atoms with Gasteiger partial charge in [0.2, 0.25) is 0 Å². The van der Waals surface area contributed by atoms with Crippen molar-refractivity contribution in [2.75, 3.05) is 25.2 Å². The van der Waals surface area contributed by atoms with Gasteiger partial charge in [-0.1, -0.05) is 0 Å². The van der Waals surface area contributed by atoms with Crippen molar-refractivity contribution in [1.82, 2.24) is 14.8 Å². The average Bonchev–Trinajstić information content (AvgIpc) is 2.80. The Morgan fingerprint density at radius 2 is 2.18 bits per heavy atom. The Bertz CT molecular complexity index is 348. The first kappa shape index (κ1) is 12.9. The highest BCUT2D eigenvalue weighted by Crippen LogP contribution is 2.25. The Labute approximate surface area is 107 Å². The number of rotatable bonds is 5. The zero-order valence-electron chi connectivity index (χ0n) is 10.7. The van der Waals surface area contributed by atoms with Gasteiger partial charge >= 0.3 is 0 Å². The van der Waals surface area contributed by atoms with Crippen LogP contribution in [0.25, 0.3) is 0 Å². The normalized spacial score (nSPS) is 17.5. The van der Waals surface area contributed by atoms with Gasteiger partial charge in [-0.15, -0.1) is 0 Å². The van der Waals surface area contributed by atoms with Crippen LogP contribution in [-0.4, -0.2) is 40.0 Å². The minimum Gasteiger partial charge on any atom is -0.381 e. The van der Waals surface area contributed by atoms with E-state index in [4.69, 9.17) is 9.72 Å². The molecule has 0 unspecified atom stereocenters. The minimum atomic E-state index is 0.541. The van der Waals surface area contributed by atoms with Crippen molar-refractivity contribution < 1.29 is 4.74 Å². The average molecular weight is 255 g/mol. The highest BCUT2D eigenvalue weighted by molar-refractivity contribution is 7.98. The van der Waals surface area contributed by atoms with E-state index < -0.39 is 0 Å². The van der Waals surface area contributed by atoms with Crippen molar-refractivity contribution in [3.8, 4) is 0 Å². The number of nitrogens with zero attached hydrogens (tertiary/aromatic N) is 3.